The maximum atomic E-state index is 15.0. The van der Waals surface area contributed by atoms with Crippen molar-refractivity contribution in [3.63, 3.8) is 0 Å². The molecule has 3 heterocycles. The van der Waals surface area contributed by atoms with Crippen molar-refractivity contribution in [3.05, 3.63) is 53.3 Å². The van der Waals surface area contributed by atoms with Crippen molar-refractivity contribution in [2.75, 3.05) is 17.8 Å². The summed E-state index contributed by atoms with van der Waals surface area (Å²) in [7, 11) is -9.57. The molecule has 3 aromatic rings. The molecule has 1 fully saturated rings. The van der Waals surface area contributed by atoms with Gasteiger partial charge in [0.25, 0.3) is 0 Å². The summed E-state index contributed by atoms with van der Waals surface area (Å²) in [6.45, 7) is 1.20. The number of hydrogen-bond donors (Lipinski definition) is 5. The highest BCUT2D eigenvalue weighted by Crippen LogP contribution is 2.55. The van der Waals surface area contributed by atoms with E-state index in [1.165, 1.54) is 6.20 Å². The maximum absolute atomic E-state index is 15.0. The SMILES string of the molecule is C[C@@H](Cc1ccccc1)Nc1cc(Cl)nc2c1cnn2[C@@H]1O[C@H](COP(=O)(O)CP(=O)(O)O)[C@@H](O)[C@@H]1F. The second-order valence-electron chi connectivity index (χ2n) is 8.79. The van der Waals surface area contributed by atoms with E-state index >= 15 is 4.39 Å². The van der Waals surface area contributed by atoms with Crippen LogP contribution in [0, 0.1) is 0 Å². The van der Waals surface area contributed by atoms with E-state index in [9.17, 15) is 19.1 Å². The van der Waals surface area contributed by atoms with E-state index in [0.717, 1.165) is 16.7 Å². The predicted molar refractivity (Wildman–Crippen MR) is 133 cm³/mol. The molecular formula is C21H26ClFN4O8P2. The van der Waals surface area contributed by atoms with Gasteiger partial charge in [0, 0.05) is 6.04 Å². The zero-order valence-corrected chi connectivity index (χ0v) is 22.0. The minimum atomic E-state index is -4.85. The number of aromatic nitrogens is 3. The first-order chi connectivity index (χ1) is 17.3. The number of nitrogens with zero attached hydrogens (tertiary/aromatic N) is 3. The number of halogens is 2. The third-order valence-electron chi connectivity index (χ3n) is 5.66. The summed E-state index contributed by atoms with van der Waals surface area (Å²) < 4.78 is 49.3. The lowest BCUT2D eigenvalue weighted by molar-refractivity contribution is -0.0472. The number of aliphatic hydroxyl groups is 1. The van der Waals surface area contributed by atoms with Crippen molar-refractivity contribution in [3.8, 4) is 0 Å². The molecule has 4 rings (SSSR count). The van der Waals surface area contributed by atoms with Gasteiger partial charge in [-0.1, -0.05) is 41.9 Å². The molecule has 1 aliphatic rings. The Labute approximate surface area is 216 Å². The molecule has 1 aliphatic heterocycles. The van der Waals surface area contributed by atoms with Gasteiger partial charge in [-0.2, -0.15) is 5.10 Å². The highest BCUT2D eigenvalue weighted by molar-refractivity contribution is 7.70. The van der Waals surface area contributed by atoms with E-state index in [1.54, 1.807) is 6.07 Å². The molecule has 0 bridgehead atoms. The zero-order chi connectivity index (χ0) is 27.0. The molecule has 1 saturated heterocycles. The van der Waals surface area contributed by atoms with Crippen LogP contribution in [0.15, 0.2) is 42.6 Å². The first-order valence-electron chi connectivity index (χ1n) is 11.2. The summed E-state index contributed by atoms with van der Waals surface area (Å²) >= 11 is 6.23. The Bertz CT molecular complexity index is 1340. The van der Waals surface area contributed by atoms with Crippen LogP contribution in [0.5, 0.6) is 0 Å². The molecule has 1 unspecified atom stereocenters. The van der Waals surface area contributed by atoms with Gasteiger partial charge in [-0.3, -0.25) is 9.13 Å². The van der Waals surface area contributed by atoms with E-state index in [1.807, 2.05) is 37.3 Å². The molecule has 16 heteroatoms. The van der Waals surface area contributed by atoms with Gasteiger partial charge < -0.3 is 34.4 Å². The molecule has 1 aromatic carbocycles. The number of ether oxygens (including phenoxy) is 1. The predicted octanol–water partition coefficient (Wildman–Crippen LogP) is 3.06. The van der Waals surface area contributed by atoms with Crippen LogP contribution in [0.25, 0.3) is 11.0 Å². The average Bonchev–Trinajstić information content (AvgIpc) is 3.32. The monoisotopic (exact) mass is 578 g/mol. The van der Waals surface area contributed by atoms with Gasteiger partial charge in [0.15, 0.2) is 23.9 Å². The van der Waals surface area contributed by atoms with E-state index in [0.29, 0.717) is 11.1 Å². The smallest absolute Gasteiger partial charge is 0.340 e. The number of hydrogen-bond acceptors (Lipinski definition) is 8. The number of pyridine rings is 1. The van der Waals surface area contributed by atoms with Crippen LogP contribution in [0.2, 0.25) is 5.15 Å². The molecule has 0 saturated carbocycles. The summed E-state index contributed by atoms with van der Waals surface area (Å²) in [5, 5.41) is 18.5. The normalized spacial score (nSPS) is 24.7. The fourth-order valence-corrected chi connectivity index (χ4v) is 6.84. The molecule has 37 heavy (non-hydrogen) atoms. The Morgan fingerprint density at radius 1 is 1.27 bits per heavy atom. The Balaban J connectivity index is 1.51. The fourth-order valence-electron chi connectivity index (χ4n) is 4.08. The molecule has 6 atom stereocenters. The molecular weight excluding hydrogens is 553 g/mol. The van der Waals surface area contributed by atoms with E-state index < -0.39 is 52.3 Å². The largest absolute Gasteiger partial charge is 0.387 e. The van der Waals surface area contributed by atoms with Crippen LogP contribution < -0.4 is 5.32 Å². The van der Waals surface area contributed by atoms with Crippen LogP contribution in [0.4, 0.5) is 10.1 Å². The molecule has 2 aromatic heterocycles. The van der Waals surface area contributed by atoms with Gasteiger partial charge in [-0.05, 0) is 25.0 Å². The number of fused-ring (bicyclic) bond motifs is 1. The summed E-state index contributed by atoms with van der Waals surface area (Å²) in [6, 6.07) is 11.5. The standard InChI is InChI=1S/C21H26ClFN4O8P2/c1-12(7-13-5-3-2-4-6-13)25-15-8-17(22)26-20-14(15)9-24-27(20)21-18(23)19(28)16(35-21)10-34-37(32,33)11-36(29,30)31/h2-6,8-9,12,16,18-19,21,28H,7,10-11H2,1H3,(H,25,26)(H,32,33)(H2,29,30,31)/t12-,16+,18-,19+,21+/m0/s1. The zero-order valence-electron chi connectivity index (χ0n) is 19.5. The third kappa shape index (κ3) is 6.94. The lowest BCUT2D eigenvalue weighted by Crippen LogP contribution is -2.31. The minimum Gasteiger partial charge on any atom is -0.387 e. The second-order valence-corrected chi connectivity index (χ2v) is 13.2. The van der Waals surface area contributed by atoms with Crippen molar-refractivity contribution >= 4 is 43.5 Å². The summed E-state index contributed by atoms with van der Waals surface area (Å²) in [5.74, 6) is -1.42. The first-order valence-corrected chi connectivity index (χ1v) is 15.1. The number of benzene rings is 1. The van der Waals surface area contributed by atoms with Crippen LogP contribution in [0.3, 0.4) is 0 Å². The molecule has 202 valence electrons. The van der Waals surface area contributed by atoms with Gasteiger partial charge in [0.2, 0.25) is 0 Å². The van der Waals surface area contributed by atoms with Crippen LogP contribution in [0.1, 0.15) is 18.7 Å². The van der Waals surface area contributed by atoms with Gasteiger partial charge in [0.05, 0.1) is 23.9 Å². The Kier molecular flexibility index (Phi) is 8.40. The van der Waals surface area contributed by atoms with Crippen LogP contribution in [-0.4, -0.2) is 71.5 Å². The molecule has 12 nitrogen and oxygen atoms in total. The number of alkyl halides is 1. The number of aliphatic hydroxyl groups excluding tert-OH is 1. The lowest BCUT2D eigenvalue weighted by Gasteiger charge is -2.18. The molecule has 0 aliphatic carbocycles. The molecule has 0 spiro atoms. The van der Waals surface area contributed by atoms with E-state index in [4.69, 9.17) is 26.1 Å². The lowest BCUT2D eigenvalue weighted by atomic mass is 10.1. The quantitative estimate of drug-likeness (QED) is 0.176. The van der Waals surface area contributed by atoms with Gasteiger partial charge in [-0.25, -0.2) is 14.1 Å². The highest BCUT2D eigenvalue weighted by Gasteiger charge is 2.47. The van der Waals surface area contributed by atoms with Crippen molar-refractivity contribution in [2.45, 2.75) is 44.0 Å². The molecule has 0 amide bonds. The first kappa shape index (κ1) is 28.1. The van der Waals surface area contributed by atoms with E-state index in [2.05, 4.69) is 19.9 Å². The summed E-state index contributed by atoms with van der Waals surface area (Å²) in [5.41, 5.74) is 1.92. The molecule has 0 radical (unpaired) electrons. The molecule has 5 N–H and O–H groups in total. The Morgan fingerprint density at radius 3 is 2.65 bits per heavy atom. The van der Waals surface area contributed by atoms with E-state index in [-0.39, 0.29) is 16.8 Å². The Morgan fingerprint density at radius 2 is 1.97 bits per heavy atom. The number of nitrogens with one attached hydrogen (secondary N) is 1. The van der Waals surface area contributed by atoms with Gasteiger partial charge >= 0.3 is 15.2 Å². The second kappa shape index (κ2) is 11.1. The van der Waals surface area contributed by atoms with Crippen molar-refractivity contribution in [1.29, 1.82) is 0 Å². The van der Waals surface area contributed by atoms with Gasteiger partial charge in [-0.15, -0.1) is 0 Å². The summed E-state index contributed by atoms with van der Waals surface area (Å²) in [4.78, 5) is 31.7. The minimum absolute atomic E-state index is 0.00487. The fraction of sp³-hybridized carbons (Fsp3) is 0.429. The van der Waals surface area contributed by atoms with Crippen LogP contribution >= 0.6 is 26.8 Å². The number of rotatable bonds is 10. The maximum Gasteiger partial charge on any atom is 0.340 e. The van der Waals surface area contributed by atoms with Gasteiger partial charge in [0.1, 0.15) is 17.4 Å². The number of anilines is 1. The third-order valence-corrected chi connectivity index (χ3v) is 9.31. The topological polar surface area (TPSA) is 176 Å². The van der Waals surface area contributed by atoms with Crippen LogP contribution in [-0.2, 0) is 24.8 Å². The summed E-state index contributed by atoms with van der Waals surface area (Å²) in [6.07, 6.45) is -4.52. The van der Waals surface area contributed by atoms with Crippen molar-refractivity contribution < 1.29 is 42.6 Å². The van der Waals surface area contributed by atoms with Crippen molar-refractivity contribution in [1.82, 2.24) is 14.8 Å². The Hall–Kier alpha value is -1.92. The highest BCUT2D eigenvalue weighted by atomic mass is 35.5. The van der Waals surface area contributed by atoms with Crippen molar-refractivity contribution in [2.24, 2.45) is 0 Å². The average molecular weight is 579 g/mol.